The molecule has 0 radical (unpaired) electrons. The minimum atomic E-state index is -0.188. The highest BCUT2D eigenvalue weighted by atomic mass is 35.5. The van der Waals surface area contributed by atoms with Gasteiger partial charge in [0.05, 0.1) is 15.9 Å². The molecule has 1 heterocycles. The Bertz CT molecular complexity index is 986. The number of fused-ring (bicyclic) bond motifs is 1. The third kappa shape index (κ3) is 4.58. The molecule has 3 rings (SSSR count). The fourth-order valence-corrected chi connectivity index (χ4v) is 3.32. The van der Waals surface area contributed by atoms with Gasteiger partial charge in [-0.3, -0.25) is 4.79 Å². The molecule has 0 amide bonds. The lowest BCUT2D eigenvalue weighted by molar-refractivity contribution is 0.745. The van der Waals surface area contributed by atoms with E-state index in [1.807, 2.05) is 36.4 Å². The van der Waals surface area contributed by atoms with Crippen molar-refractivity contribution in [2.45, 2.75) is 26.7 Å². The first-order valence-electron chi connectivity index (χ1n) is 9.34. The molecule has 0 saturated carbocycles. The highest BCUT2D eigenvalue weighted by Gasteiger charge is 2.07. The van der Waals surface area contributed by atoms with Crippen molar-refractivity contribution in [3.8, 4) is 0 Å². The van der Waals surface area contributed by atoms with Gasteiger partial charge in [-0.25, -0.2) is 4.98 Å². The van der Waals surface area contributed by atoms with Crippen LogP contribution in [-0.4, -0.2) is 23.1 Å². The van der Waals surface area contributed by atoms with Gasteiger partial charge in [-0.05, 0) is 48.7 Å². The SMILES string of the molecule is CCCN(CCC)c1ccc(/C=C(\Cl)c2nc3ccccc3c(=O)[nH]2)cc1. The first-order chi connectivity index (χ1) is 13.1. The Morgan fingerprint density at radius 1 is 1.07 bits per heavy atom. The molecule has 5 heteroatoms. The van der Waals surface area contributed by atoms with Crippen molar-refractivity contribution >= 4 is 39.3 Å². The number of nitrogens with one attached hydrogen (secondary N) is 1. The Hall–Kier alpha value is -2.59. The number of hydrogen-bond acceptors (Lipinski definition) is 3. The number of halogens is 1. The third-order valence-corrected chi connectivity index (χ3v) is 4.67. The number of hydrogen-bond donors (Lipinski definition) is 1. The second kappa shape index (κ2) is 8.87. The van der Waals surface area contributed by atoms with Gasteiger partial charge >= 0.3 is 0 Å². The predicted octanol–water partition coefficient (Wildman–Crippen LogP) is 5.29. The molecule has 0 aliphatic carbocycles. The highest BCUT2D eigenvalue weighted by Crippen LogP contribution is 2.22. The van der Waals surface area contributed by atoms with E-state index in [1.54, 1.807) is 6.07 Å². The summed E-state index contributed by atoms with van der Waals surface area (Å²) >= 11 is 6.43. The van der Waals surface area contributed by atoms with Crippen LogP contribution in [0.3, 0.4) is 0 Å². The zero-order valence-electron chi connectivity index (χ0n) is 15.7. The summed E-state index contributed by atoms with van der Waals surface area (Å²) in [4.78, 5) is 21.8. The molecule has 1 N–H and O–H groups in total. The van der Waals surface area contributed by atoms with Crippen LogP contribution in [0.5, 0.6) is 0 Å². The maximum absolute atomic E-state index is 12.2. The molecule has 0 aliphatic rings. The largest absolute Gasteiger partial charge is 0.372 e. The van der Waals surface area contributed by atoms with Gasteiger partial charge < -0.3 is 9.88 Å². The Labute approximate surface area is 164 Å². The quantitative estimate of drug-likeness (QED) is 0.605. The van der Waals surface area contributed by atoms with E-state index in [9.17, 15) is 4.79 Å². The van der Waals surface area contributed by atoms with Crippen molar-refractivity contribution in [2.24, 2.45) is 0 Å². The van der Waals surface area contributed by atoms with Crippen LogP contribution in [0.2, 0.25) is 0 Å². The summed E-state index contributed by atoms with van der Waals surface area (Å²) in [6.07, 6.45) is 4.06. The summed E-state index contributed by atoms with van der Waals surface area (Å²) in [5.74, 6) is 0.378. The average Bonchev–Trinajstić information content (AvgIpc) is 2.68. The lowest BCUT2D eigenvalue weighted by Crippen LogP contribution is -2.24. The molecular formula is C22H24ClN3O. The molecule has 4 nitrogen and oxygen atoms in total. The maximum atomic E-state index is 12.2. The van der Waals surface area contributed by atoms with Crippen molar-refractivity contribution in [3.05, 3.63) is 70.3 Å². The Morgan fingerprint density at radius 2 is 1.74 bits per heavy atom. The summed E-state index contributed by atoms with van der Waals surface area (Å²) in [5.41, 5.74) is 2.62. The van der Waals surface area contributed by atoms with Gasteiger partial charge in [0.15, 0.2) is 5.82 Å². The zero-order valence-corrected chi connectivity index (χ0v) is 16.5. The molecular weight excluding hydrogens is 358 g/mol. The van der Waals surface area contributed by atoms with Crippen molar-refractivity contribution in [1.29, 1.82) is 0 Å². The zero-order chi connectivity index (χ0) is 19.2. The first-order valence-corrected chi connectivity index (χ1v) is 9.71. The predicted molar refractivity (Wildman–Crippen MR) is 115 cm³/mol. The van der Waals surface area contributed by atoms with E-state index in [0.29, 0.717) is 21.8 Å². The van der Waals surface area contributed by atoms with E-state index in [0.717, 1.165) is 31.5 Å². The van der Waals surface area contributed by atoms with Crippen molar-refractivity contribution in [3.63, 3.8) is 0 Å². The number of aromatic amines is 1. The molecule has 0 fully saturated rings. The molecule has 3 aromatic rings. The Morgan fingerprint density at radius 3 is 2.41 bits per heavy atom. The molecule has 27 heavy (non-hydrogen) atoms. The minimum Gasteiger partial charge on any atom is -0.372 e. The van der Waals surface area contributed by atoms with Crippen molar-refractivity contribution in [1.82, 2.24) is 9.97 Å². The highest BCUT2D eigenvalue weighted by molar-refractivity contribution is 6.50. The Kier molecular flexibility index (Phi) is 6.30. The number of rotatable bonds is 7. The minimum absolute atomic E-state index is 0.188. The van der Waals surface area contributed by atoms with Crippen LogP contribution in [0.15, 0.2) is 53.3 Å². The summed E-state index contributed by atoms with van der Waals surface area (Å²) < 4.78 is 0. The van der Waals surface area contributed by atoms with E-state index >= 15 is 0 Å². The fraction of sp³-hybridized carbons (Fsp3) is 0.273. The molecule has 2 aromatic carbocycles. The summed E-state index contributed by atoms with van der Waals surface area (Å²) in [7, 11) is 0. The van der Waals surface area contributed by atoms with Gasteiger partial charge in [-0.2, -0.15) is 0 Å². The average molecular weight is 382 g/mol. The standard InChI is InChI=1S/C22H24ClN3O/c1-3-13-26(14-4-2)17-11-9-16(10-12-17)15-19(23)21-24-20-8-6-5-7-18(20)22(27)25-21/h5-12,15H,3-4,13-14H2,1-2H3,(H,24,25,27)/b19-15-. The molecule has 0 bridgehead atoms. The van der Waals surface area contributed by atoms with Crippen molar-refractivity contribution in [2.75, 3.05) is 18.0 Å². The number of H-pyrrole nitrogens is 1. The van der Waals surface area contributed by atoms with Gasteiger partial charge in [-0.15, -0.1) is 0 Å². The molecule has 0 unspecified atom stereocenters. The van der Waals surface area contributed by atoms with Crippen LogP contribution in [0.1, 0.15) is 38.1 Å². The first kappa shape index (κ1) is 19.2. The van der Waals surface area contributed by atoms with Gasteiger partial charge in [0.1, 0.15) is 0 Å². The summed E-state index contributed by atoms with van der Waals surface area (Å²) in [6, 6.07) is 15.5. The molecule has 1 aromatic heterocycles. The normalized spacial score (nSPS) is 11.7. The van der Waals surface area contributed by atoms with E-state index in [1.165, 1.54) is 5.69 Å². The number of aromatic nitrogens is 2. The van der Waals surface area contributed by atoms with Gasteiger partial charge in [0.2, 0.25) is 0 Å². The molecule has 140 valence electrons. The topological polar surface area (TPSA) is 49.0 Å². The lowest BCUT2D eigenvalue weighted by Gasteiger charge is -2.23. The fourth-order valence-electron chi connectivity index (χ4n) is 3.11. The van der Waals surface area contributed by atoms with Gasteiger partial charge in [0, 0.05) is 18.8 Å². The summed E-state index contributed by atoms with van der Waals surface area (Å²) in [5, 5.41) is 0.964. The summed E-state index contributed by atoms with van der Waals surface area (Å²) in [6.45, 7) is 6.48. The molecule has 0 spiro atoms. The number of nitrogens with zero attached hydrogens (tertiary/aromatic N) is 2. The van der Waals surface area contributed by atoms with Crippen LogP contribution < -0.4 is 10.5 Å². The van der Waals surface area contributed by atoms with Gasteiger partial charge in [0.25, 0.3) is 5.56 Å². The number of benzene rings is 2. The van der Waals surface area contributed by atoms with Crippen molar-refractivity contribution < 1.29 is 0 Å². The second-order valence-electron chi connectivity index (χ2n) is 6.50. The maximum Gasteiger partial charge on any atom is 0.259 e. The molecule has 0 aliphatic heterocycles. The third-order valence-electron chi connectivity index (χ3n) is 4.38. The smallest absolute Gasteiger partial charge is 0.259 e. The van der Waals surface area contributed by atoms with E-state index < -0.39 is 0 Å². The number of anilines is 1. The van der Waals surface area contributed by atoms with E-state index in [2.05, 4.69) is 40.8 Å². The Balaban J connectivity index is 1.87. The van der Waals surface area contributed by atoms with Crippen LogP contribution in [0, 0.1) is 0 Å². The lowest BCUT2D eigenvalue weighted by atomic mass is 10.1. The van der Waals surface area contributed by atoms with Crippen LogP contribution >= 0.6 is 11.6 Å². The van der Waals surface area contributed by atoms with Crippen LogP contribution in [-0.2, 0) is 0 Å². The van der Waals surface area contributed by atoms with E-state index in [4.69, 9.17) is 11.6 Å². The van der Waals surface area contributed by atoms with E-state index in [-0.39, 0.29) is 5.56 Å². The second-order valence-corrected chi connectivity index (χ2v) is 6.91. The van der Waals surface area contributed by atoms with Crippen LogP contribution in [0.25, 0.3) is 22.0 Å². The van der Waals surface area contributed by atoms with Crippen LogP contribution in [0.4, 0.5) is 5.69 Å². The molecule has 0 atom stereocenters. The monoisotopic (exact) mass is 381 g/mol. The van der Waals surface area contributed by atoms with Gasteiger partial charge in [-0.1, -0.05) is 49.7 Å². The molecule has 0 saturated heterocycles. The number of para-hydroxylation sites is 1.